The summed E-state index contributed by atoms with van der Waals surface area (Å²) in [6.45, 7) is 15.5. The molecule has 1 N–H and O–H groups in total. The minimum atomic E-state index is -1.22. The summed E-state index contributed by atoms with van der Waals surface area (Å²) in [4.78, 5) is 3.81. The van der Waals surface area contributed by atoms with Crippen molar-refractivity contribution in [2.24, 2.45) is 0 Å². The van der Waals surface area contributed by atoms with Gasteiger partial charge < -0.3 is 4.98 Å². The molecule has 0 aromatic carbocycles. The second-order valence-corrected chi connectivity index (χ2v) is 11.3. The van der Waals surface area contributed by atoms with Gasteiger partial charge in [0.2, 0.25) is 0 Å². The van der Waals surface area contributed by atoms with Gasteiger partial charge in [0.05, 0.1) is 0 Å². The third-order valence-electron chi connectivity index (χ3n) is 3.72. The van der Waals surface area contributed by atoms with Crippen LogP contribution in [0, 0.1) is 0 Å². The lowest BCUT2D eigenvalue weighted by Crippen LogP contribution is -2.52. The summed E-state index contributed by atoms with van der Waals surface area (Å²) in [5.41, 5.74) is 0. The van der Waals surface area contributed by atoms with Gasteiger partial charge in [0.25, 0.3) is 0 Å². The van der Waals surface area contributed by atoms with Gasteiger partial charge in [0, 0.05) is 0 Å². The molecule has 0 aliphatic rings. The maximum Gasteiger partial charge on any atom is 0.124 e. The zero-order chi connectivity index (χ0) is 11.9. The molecule has 0 amide bonds. The predicted octanol–water partition coefficient (Wildman–Crippen LogP) is 4.55. The Bertz CT molecular complexity index is 158. The molecule has 0 saturated carbocycles. The van der Waals surface area contributed by atoms with E-state index < -0.39 is 8.24 Å². The highest BCUT2D eigenvalue weighted by atomic mass is 28.3. The zero-order valence-electron chi connectivity index (χ0n) is 11.7. The number of hydrogen-bond donors (Lipinski definition) is 1. The quantitative estimate of drug-likeness (QED) is 0.499. The summed E-state index contributed by atoms with van der Waals surface area (Å²) in [6.07, 6.45) is 6.91. The van der Waals surface area contributed by atoms with Crippen molar-refractivity contribution in [2.75, 3.05) is 6.54 Å². The molecule has 0 unspecified atom stereocenters. The monoisotopic (exact) mass is 229 g/mol. The van der Waals surface area contributed by atoms with E-state index in [1.54, 1.807) is 0 Å². The first-order chi connectivity index (χ1) is 6.81. The van der Waals surface area contributed by atoms with Gasteiger partial charge in [-0.15, -0.1) is 0 Å². The fourth-order valence-corrected chi connectivity index (χ4v) is 2.73. The minimum Gasteiger partial charge on any atom is -0.337 e. The summed E-state index contributed by atoms with van der Waals surface area (Å²) in [5.74, 6) is 0. The van der Waals surface area contributed by atoms with Gasteiger partial charge in [-0.25, -0.2) is 0 Å². The van der Waals surface area contributed by atoms with Crippen LogP contribution in [0.1, 0.15) is 59.8 Å². The molecule has 0 fully saturated rings. The van der Waals surface area contributed by atoms with Gasteiger partial charge in [-0.2, -0.15) is 0 Å². The fourth-order valence-electron chi connectivity index (χ4n) is 1.39. The lowest BCUT2D eigenvalue weighted by atomic mass is 10.2. The second kappa shape index (κ2) is 6.69. The third-order valence-corrected chi connectivity index (χ3v) is 8.61. The van der Waals surface area contributed by atoms with E-state index in [1.807, 2.05) is 0 Å². The van der Waals surface area contributed by atoms with Crippen LogP contribution in [0.25, 0.3) is 0 Å². The first-order valence-corrected chi connectivity index (χ1v) is 9.56. The van der Waals surface area contributed by atoms with Crippen molar-refractivity contribution in [3.63, 3.8) is 0 Å². The Kier molecular flexibility index (Phi) is 6.77. The van der Waals surface area contributed by atoms with Crippen LogP contribution in [0.15, 0.2) is 0 Å². The van der Waals surface area contributed by atoms with E-state index in [9.17, 15) is 0 Å². The van der Waals surface area contributed by atoms with Gasteiger partial charge in [-0.05, 0) is 18.0 Å². The van der Waals surface area contributed by atoms with E-state index in [2.05, 4.69) is 45.8 Å². The first kappa shape index (κ1) is 15.2. The van der Waals surface area contributed by atoms with Crippen LogP contribution in [0.2, 0.25) is 18.1 Å². The Labute approximate surface area is 98.1 Å². The van der Waals surface area contributed by atoms with Gasteiger partial charge in [-0.3, -0.25) is 0 Å². The van der Waals surface area contributed by atoms with E-state index in [1.165, 1.54) is 38.6 Å². The van der Waals surface area contributed by atoms with Gasteiger partial charge in [-0.1, -0.05) is 66.5 Å². The van der Waals surface area contributed by atoms with E-state index in [4.69, 9.17) is 0 Å². The molecule has 0 bridgehead atoms. The average molecular weight is 229 g/mol. The molecule has 2 heteroatoms. The van der Waals surface area contributed by atoms with Crippen LogP contribution in [0.5, 0.6) is 0 Å². The maximum atomic E-state index is 3.81. The van der Waals surface area contributed by atoms with Crippen LogP contribution in [0.3, 0.4) is 0 Å². The number of nitrogens with one attached hydrogen (secondary N) is 1. The molecule has 1 nitrogen and oxygen atoms in total. The normalized spacial score (nSPS) is 13.2. The predicted molar refractivity (Wildman–Crippen MR) is 74.0 cm³/mol. The number of hydrogen-bond acceptors (Lipinski definition) is 1. The molecule has 0 saturated heterocycles. The second-order valence-electron chi connectivity index (χ2n) is 6.22. The van der Waals surface area contributed by atoms with Gasteiger partial charge in [0.15, 0.2) is 0 Å². The van der Waals surface area contributed by atoms with Crippen LogP contribution in [-0.4, -0.2) is 14.8 Å². The highest BCUT2D eigenvalue weighted by molar-refractivity contribution is 6.77. The SMILES string of the molecule is CCCCCCCN[Si](C)(C)C(C)(C)C. The summed E-state index contributed by atoms with van der Waals surface area (Å²) < 4.78 is 0. The summed E-state index contributed by atoms with van der Waals surface area (Å²) in [5, 5.41) is 0.469. The Hall–Kier alpha value is 0.177. The van der Waals surface area contributed by atoms with Crippen LogP contribution in [0.4, 0.5) is 0 Å². The molecule has 92 valence electrons. The molecule has 0 aliphatic carbocycles. The van der Waals surface area contributed by atoms with Crippen molar-refractivity contribution in [3.05, 3.63) is 0 Å². The molecular formula is C13H31NSi. The van der Waals surface area contributed by atoms with Crippen molar-refractivity contribution in [2.45, 2.75) is 77.9 Å². The zero-order valence-corrected chi connectivity index (χ0v) is 12.7. The Morgan fingerprint density at radius 2 is 1.47 bits per heavy atom. The Morgan fingerprint density at radius 3 is 1.93 bits per heavy atom. The van der Waals surface area contributed by atoms with Crippen LogP contribution >= 0.6 is 0 Å². The molecule has 0 radical (unpaired) electrons. The van der Waals surface area contributed by atoms with Crippen molar-refractivity contribution >= 4 is 8.24 Å². The van der Waals surface area contributed by atoms with Crippen molar-refractivity contribution in [1.82, 2.24) is 4.98 Å². The molecule has 0 aromatic rings. The van der Waals surface area contributed by atoms with Crippen molar-refractivity contribution in [1.29, 1.82) is 0 Å². The summed E-state index contributed by atoms with van der Waals surface area (Å²) in [7, 11) is -1.22. The van der Waals surface area contributed by atoms with Crippen molar-refractivity contribution in [3.8, 4) is 0 Å². The van der Waals surface area contributed by atoms with Crippen molar-refractivity contribution < 1.29 is 0 Å². The minimum absolute atomic E-state index is 0.469. The van der Waals surface area contributed by atoms with Crippen LogP contribution in [-0.2, 0) is 0 Å². The van der Waals surface area contributed by atoms with E-state index in [0.29, 0.717) is 5.04 Å². The highest BCUT2D eigenvalue weighted by Crippen LogP contribution is 2.33. The molecule has 0 aromatic heterocycles. The van der Waals surface area contributed by atoms with Crippen LogP contribution < -0.4 is 4.98 Å². The van der Waals surface area contributed by atoms with E-state index >= 15 is 0 Å². The fraction of sp³-hybridized carbons (Fsp3) is 1.00. The van der Waals surface area contributed by atoms with Gasteiger partial charge in [0.1, 0.15) is 8.24 Å². The lowest BCUT2D eigenvalue weighted by Gasteiger charge is -2.37. The highest BCUT2D eigenvalue weighted by Gasteiger charge is 2.34. The molecular weight excluding hydrogens is 198 g/mol. The molecule has 0 atom stereocenters. The lowest BCUT2D eigenvalue weighted by molar-refractivity contribution is 0.611. The summed E-state index contributed by atoms with van der Waals surface area (Å²) in [6, 6.07) is 0. The molecule has 15 heavy (non-hydrogen) atoms. The Morgan fingerprint density at radius 1 is 0.933 bits per heavy atom. The number of rotatable bonds is 7. The van der Waals surface area contributed by atoms with E-state index in [0.717, 1.165) is 0 Å². The number of unbranched alkanes of at least 4 members (excludes halogenated alkanes) is 4. The average Bonchev–Trinajstić information content (AvgIpc) is 2.09. The third kappa shape index (κ3) is 6.36. The maximum absolute atomic E-state index is 3.81. The standard InChI is InChI=1S/C13H31NSi/c1-7-8-9-10-11-12-14-15(5,6)13(2,3)4/h14H,7-12H2,1-6H3. The molecule has 0 spiro atoms. The molecule has 0 aliphatic heterocycles. The topological polar surface area (TPSA) is 12.0 Å². The Balaban J connectivity index is 3.58. The molecule has 0 heterocycles. The smallest absolute Gasteiger partial charge is 0.124 e. The molecule has 0 rings (SSSR count). The van der Waals surface area contributed by atoms with E-state index in [-0.39, 0.29) is 0 Å². The van der Waals surface area contributed by atoms with Gasteiger partial charge >= 0.3 is 0 Å². The summed E-state index contributed by atoms with van der Waals surface area (Å²) >= 11 is 0. The largest absolute Gasteiger partial charge is 0.337 e. The first-order valence-electron chi connectivity index (χ1n) is 6.56.